The molecule has 7 nitrogen and oxygen atoms in total. The standard InChI is InChI=1S/C19H23N5O2/c1-22(9-5-16-2-6-20-7-3-16)19(26)17-4-8-21-18(14-17)24-12-10-23(15-25)11-13-24/h2-4,6-8,14-15H,5,9-13H2,1H3. The van der Waals surface area contributed by atoms with Gasteiger partial charge in [0.15, 0.2) is 0 Å². The second-order valence-electron chi connectivity index (χ2n) is 6.36. The predicted molar refractivity (Wildman–Crippen MR) is 99.0 cm³/mol. The third-order valence-corrected chi connectivity index (χ3v) is 4.61. The molecule has 0 bridgehead atoms. The topological polar surface area (TPSA) is 69.6 Å². The molecule has 1 aliphatic heterocycles. The summed E-state index contributed by atoms with van der Waals surface area (Å²) in [6.45, 7) is 3.44. The maximum Gasteiger partial charge on any atom is 0.253 e. The second kappa shape index (κ2) is 8.42. The van der Waals surface area contributed by atoms with Gasteiger partial charge in [-0.05, 0) is 36.2 Å². The lowest BCUT2D eigenvalue weighted by Gasteiger charge is -2.33. The van der Waals surface area contributed by atoms with E-state index in [1.54, 1.807) is 34.5 Å². The van der Waals surface area contributed by atoms with Crippen molar-refractivity contribution in [3.05, 3.63) is 54.0 Å². The van der Waals surface area contributed by atoms with Gasteiger partial charge in [0.05, 0.1) is 0 Å². The van der Waals surface area contributed by atoms with E-state index in [-0.39, 0.29) is 5.91 Å². The van der Waals surface area contributed by atoms with Crippen LogP contribution in [0.15, 0.2) is 42.9 Å². The summed E-state index contributed by atoms with van der Waals surface area (Å²) >= 11 is 0. The van der Waals surface area contributed by atoms with Crippen LogP contribution in [0.5, 0.6) is 0 Å². The van der Waals surface area contributed by atoms with Gasteiger partial charge in [-0.15, -0.1) is 0 Å². The first kappa shape index (κ1) is 17.8. The Morgan fingerprint density at radius 2 is 1.88 bits per heavy atom. The third-order valence-electron chi connectivity index (χ3n) is 4.61. The molecule has 136 valence electrons. The highest BCUT2D eigenvalue weighted by atomic mass is 16.2. The zero-order valence-electron chi connectivity index (χ0n) is 14.9. The molecule has 7 heteroatoms. The van der Waals surface area contributed by atoms with Gasteiger partial charge in [0.25, 0.3) is 5.91 Å². The second-order valence-corrected chi connectivity index (χ2v) is 6.36. The molecule has 0 aromatic carbocycles. The molecule has 3 rings (SSSR count). The van der Waals surface area contributed by atoms with E-state index in [0.717, 1.165) is 37.3 Å². The van der Waals surface area contributed by atoms with E-state index < -0.39 is 0 Å². The van der Waals surface area contributed by atoms with Crippen molar-refractivity contribution in [3.8, 4) is 0 Å². The number of hydrogen-bond acceptors (Lipinski definition) is 5. The van der Waals surface area contributed by atoms with Crippen molar-refractivity contribution in [1.82, 2.24) is 19.8 Å². The predicted octanol–water partition coefficient (Wildman–Crippen LogP) is 1.07. The Bertz CT molecular complexity index is 745. The van der Waals surface area contributed by atoms with Crippen molar-refractivity contribution in [3.63, 3.8) is 0 Å². The zero-order chi connectivity index (χ0) is 18.4. The summed E-state index contributed by atoms with van der Waals surface area (Å²) in [7, 11) is 1.81. The molecule has 0 unspecified atom stereocenters. The molecule has 1 saturated heterocycles. The number of nitrogens with zero attached hydrogens (tertiary/aromatic N) is 5. The van der Waals surface area contributed by atoms with Gasteiger partial charge < -0.3 is 14.7 Å². The molecule has 0 saturated carbocycles. The van der Waals surface area contributed by atoms with Gasteiger partial charge in [0.2, 0.25) is 6.41 Å². The third kappa shape index (κ3) is 4.36. The van der Waals surface area contributed by atoms with Crippen LogP contribution in [0.1, 0.15) is 15.9 Å². The van der Waals surface area contributed by atoms with Gasteiger partial charge in [-0.2, -0.15) is 0 Å². The number of carbonyl (C=O) groups excluding carboxylic acids is 2. The lowest BCUT2D eigenvalue weighted by Crippen LogP contribution is -2.46. The number of amides is 2. The summed E-state index contributed by atoms with van der Waals surface area (Å²) in [6, 6.07) is 7.50. The van der Waals surface area contributed by atoms with Crippen LogP contribution in [-0.2, 0) is 11.2 Å². The Kier molecular flexibility index (Phi) is 5.78. The number of aromatic nitrogens is 2. The molecule has 0 aliphatic carbocycles. The van der Waals surface area contributed by atoms with E-state index >= 15 is 0 Å². The van der Waals surface area contributed by atoms with E-state index in [1.807, 2.05) is 25.2 Å². The summed E-state index contributed by atoms with van der Waals surface area (Å²) in [5.41, 5.74) is 1.79. The van der Waals surface area contributed by atoms with Crippen molar-refractivity contribution in [2.45, 2.75) is 6.42 Å². The summed E-state index contributed by atoms with van der Waals surface area (Å²) in [6.07, 6.45) is 6.86. The van der Waals surface area contributed by atoms with Crippen LogP contribution < -0.4 is 4.90 Å². The van der Waals surface area contributed by atoms with Gasteiger partial charge in [0, 0.05) is 63.9 Å². The number of carbonyl (C=O) groups is 2. The van der Waals surface area contributed by atoms with E-state index in [9.17, 15) is 9.59 Å². The minimum absolute atomic E-state index is 0.0192. The molecule has 1 aliphatic rings. The number of pyridine rings is 2. The molecule has 3 heterocycles. The molecular formula is C19H23N5O2. The van der Waals surface area contributed by atoms with E-state index in [0.29, 0.717) is 25.2 Å². The average molecular weight is 353 g/mol. The highest BCUT2D eigenvalue weighted by Crippen LogP contribution is 2.16. The fourth-order valence-corrected chi connectivity index (χ4v) is 2.95. The lowest BCUT2D eigenvalue weighted by molar-refractivity contribution is -0.118. The number of piperazine rings is 1. The quantitative estimate of drug-likeness (QED) is 0.727. The Hall–Kier alpha value is -2.96. The summed E-state index contributed by atoms with van der Waals surface area (Å²) in [5, 5.41) is 0. The van der Waals surface area contributed by atoms with Crippen molar-refractivity contribution < 1.29 is 9.59 Å². The fraction of sp³-hybridized carbons (Fsp3) is 0.368. The van der Waals surface area contributed by atoms with Crippen LogP contribution in [0.25, 0.3) is 0 Å². The molecule has 0 N–H and O–H groups in total. The summed E-state index contributed by atoms with van der Waals surface area (Å²) < 4.78 is 0. The number of anilines is 1. The van der Waals surface area contributed by atoms with Crippen molar-refractivity contribution in [2.24, 2.45) is 0 Å². The first-order valence-electron chi connectivity index (χ1n) is 8.72. The minimum Gasteiger partial charge on any atom is -0.353 e. The van der Waals surface area contributed by atoms with Gasteiger partial charge in [-0.1, -0.05) is 0 Å². The van der Waals surface area contributed by atoms with Gasteiger partial charge in [0.1, 0.15) is 5.82 Å². The highest BCUT2D eigenvalue weighted by molar-refractivity contribution is 5.94. The normalized spacial score (nSPS) is 14.2. The van der Waals surface area contributed by atoms with Gasteiger partial charge >= 0.3 is 0 Å². The maximum absolute atomic E-state index is 12.7. The molecule has 0 atom stereocenters. The largest absolute Gasteiger partial charge is 0.353 e. The summed E-state index contributed by atoms with van der Waals surface area (Å²) in [5.74, 6) is 0.762. The van der Waals surface area contributed by atoms with Crippen LogP contribution in [-0.4, -0.2) is 71.9 Å². The summed E-state index contributed by atoms with van der Waals surface area (Å²) in [4.78, 5) is 37.5. The molecular weight excluding hydrogens is 330 g/mol. The SMILES string of the molecule is CN(CCc1ccncc1)C(=O)c1ccnc(N2CCN(C=O)CC2)c1. The molecule has 0 radical (unpaired) electrons. The Morgan fingerprint density at radius 3 is 2.58 bits per heavy atom. The molecule has 2 aromatic rings. The van der Waals surface area contributed by atoms with Crippen LogP contribution in [0.2, 0.25) is 0 Å². The van der Waals surface area contributed by atoms with Gasteiger partial charge in [-0.3, -0.25) is 14.6 Å². The first-order valence-corrected chi connectivity index (χ1v) is 8.72. The number of rotatable bonds is 6. The van der Waals surface area contributed by atoms with Crippen LogP contribution in [0, 0.1) is 0 Å². The monoisotopic (exact) mass is 353 g/mol. The molecule has 26 heavy (non-hydrogen) atoms. The van der Waals surface area contributed by atoms with E-state index in [2.05, 4.69) is 14.9 Å². The van der Waals surface area contributed by atoms with E-state index in [1.165, 1.54) is 0 Å². The Balaban J connectivity index is 1.61. The Labute approximate surface area is 153 Å². The minimum atomic E-state index is -0.0192. The van der Waals surface area contributed by atoms with Crippen LogP contribution >= 0.6 is 0 Å². The van der Waals surface area contributed by atoms with Crippen LogP contribution in [0.3, 0.4) is 0 Å². The molecule has 0 spiro atoms. The zero-order valence-corrected chi connectivity index (χ0v) is 14.9. The Morgan fingerprint density at radius 1 is 1.15 bits per heavy atom. The highest BCUT2D eigenvalue weighted by Gasteiger charge is 2.19. The van der Waals surface area contributed by atoms with Crippen LogP contribution in [0.4, 0.5) is 5.82 Å². The van der Waals surface area contributed by atoms with Crippen molar-refractivity contribution in [2.75, 3.05) is 44.7 Å². The number of likely N-dealkylation sites (N-methyl/N-ethyl adjacent to an activating group) is 1. The van der Waals surface area contributed by atoms with Gasteiger partial charge in [-0.25, -0.2) is 4.98 Å². The number of hydrogen-bond donors (Lipinski definition) is 0. The maximum atomic E-state index is 12.7. The smallest absolute Gasteiger partial charge is 0.253 e. The first-order chi connectivity index (χ1) is 12.7. The molecule has 2 amide bonds. The fourth-order valence-electron chi connectivity index (χ4n) is 2.95. The van der Waals surface area contributed by atoms with E-state index in [4.69, 9.17) is 0 Å². The van der Waals surface area contributed by atoms with Crippen molar-refractivity contribution >= 4 is 18.1 Å². The lowest BCUT2D eigenvalue weighted by atomic mass is 10.1. The average Bonchev–Trinajstić information content (AvgIpc) is 2.72. The van der Waals surface area contributed by atoms with Crippen molar-refractivity contribution in [1.29, 1.82) is 0 Å². The molecule has 2 aromatic heterocycles. The molecule has 1 fully saturated rings.